The molecule has 0 spiro atoms. The normalized spacial score (nSPS) is 13.8. The van der Waals surface area contributed by atoms with Crippen LogP contribution in [-0.2, 0) is 0 Å². The Morgan fingerprint density at radius 1 is 1.16 bits per heavy atom. The van der Waals surface area contributed by atoms with Crippen LogP contribution in [-0.4, -0.2) is 24.2 Å². The molecule has 1 aliphatic heterocycles. The maximum atomic E-state index is 12.2. The van der Waals surface area contributed by atoms with Crippen LogP contribution in [0.4, 0.5) is 5.69 Å². The fraction of sp³-hybridized carbons (Fsp3) is 0.250. The molecule has 0 saturated heterocycles. The Bertz CT molecular complexity index is 993. The predicted molar refractivity (Wildman–Crippen MR) is 106 cm³/mol. The van der Waals surface area contributed by atoms with E-state index in [0.717, 1.165) is 44.5 Å². The van der Waals surface area contributed by atoms with Gasteiger partial charge in [0.05, 0.1) is 17.7 Å². The van der Waals surface area contributed by atoms with E-state index in [9.17, 15) is 4.79 Å². The number of aromatic nitrogens is 1. The van der Waals surface area contributed by atoms with Crippen molar-refractivity contribution in [1.82, 2.24) is 4.98 Å². The van der Waals surface area contributed by atoms with Gasteiger partial charge in [-0.2, -0.15) is 0 Å². The van der Waals surface area contributed by atoms with Crippen LogP contribution in [0.1, 0.15) is 13.8 Å². The molecule has 0 fully saturated rings. The van der Waals surface area contributed by atoms with Gasteiger partial charge in [0.1, 0.15) is 12.4 Å². The quantitative estimate of drug-likeness (QED) is 0.687. The lowest BCUT2D eigenvalue weighted by molar-refractivity contribution is 0.303. The number of pyridine rings is 1. The first-order valence-corrected chi connectivity index (χ1v) is 9.19. The highest BCUT2D eigenvalue weighted by molar-refractivity contribution is 9.10. The maximum absolute atomic E-state index is 12.2. The largest absolute Gasteiger partial charge is 0.490 e. The van der Waals surface area contributed by atoms with Crippen LogP contribution >= 0.6 is 15.9 Å². The Labute approximate surface area is 154 Å². The fourth-order valence-electron chi connectivity index (χ4n) is 3.39. The molecule has 0 amide bonds. The minimum atomic E-state index is -0.0989. The molecule has 0 bridgehead atoms. The number of halogens is 1. The van der Waals surface area contributed by atoms with Crippen molar-refractivity contribution in [3.8, 4) is 16.9 Å². The number of rotatable bonds is 2. The lowest BCUT2D eigenvalue weighted by atomic mass is 10.00. The number of fused-ring (bicyclic) bond motifs is 2. The van der Waals surface area contributed by atoms with Gasteiger partial charge < -0.3 is 14.6 Å². The molecule has 0 radical (unpaired) electrons. The molecule has 4 rings (SSSR count). The molecule has 5 heteroatoms. The van der Waals surface area contributed by atoms with Crippen LogP contribution in [0.3, 0.4) is 0 Å². The van der Waals surface area contributed by atoms with Gasteiger partial charge in [-0.1, -0.05) is 28.1 Å². The smallest absolute Gasteiger partial charge is 0.249 e. The van der Waals surface area contributed by atoms with E-state index in [2.05, 4.69) is 39.7 Å². The third kappa shape index (κ3) is 2.93. The molecule has 3 aromatic rings. The number of nitrogens with zero attached hydrogens (tertiary/aromatic N) is 1. The molecule has 2 heterocycles. The highest BCUT2D eigenvalue weighted by atomic mass is 79.9. The average Bonchev–Trinajstić information content (AvgIpc) is 2.59. The zero-order valence-corrected chi connectivity index (χ0v) is 15.8. The van der Waals surface area contributed by atoms with E-state index in [1.165, 1.54) is 0 Å². The van der Waals surface area contributed by atoms with E-state index < -0.39 is 0 Å². The minimum Gasteiger partial charge on any atom is -0.490 e. The number of ether oxygens (including phenoxy) is 1. The molecule has 0 saturated carbocycles. The Morgan fingerprint density at radius 2 is 1.92 bits per heavy atom. The number of hydrogen-bond acceptors (Lipinski definition) is 3. The van der Waals surface area contributed by atoms with Gasteiger partial charge >= 0.3 is 0 Å². The van der Waals surface area contributed by atoms with E-state index in [1.54, 1.807) is 6.07 Å². The topological polar surface area (TPSA) is 45.3 Å². The second kappa shape index (κ2) is 6.23. The van der Waals surface area contributed by atoms with E-state index in [4.69, 9.17) is 4.74 Å². The molecular weight excluding hydrogens is 380 g/mol. The Morgan fingerprint density at radius 3 is 2.64 bits per heavy atom. The number of anilines is 1. The number of aromatic amines is 1. The van der Waals surface area contributed by atoms with Gasteiger partial charge in [0.25, 0.3) is 0 Å². The number of H-pyrrole nitrogens is 1. The van der Waals surface area contributed by atoms with Crippen LogP contribution in [0.25, 0.3) is 22.0 Å². The summed E-state index contributed by atoms with van der Waals surface area (Å²) >= 11 is 3.46. The summed E-state index contributed by atoms with van der Waals surface area (Å²) in [6.07, 6.45) is 0. The highest BCUT2D eigenvalue weighted by Crippen LogP contribution is 2.38. The summed E-state index contributed by atoms with van der Waals surface area (Å²) in [5.74, 6) is 0.873. The van der Waals surface area contributed by atoms with Gasteiger partial charge in [-0.15, -0.1) is 0 Å². The van der Waals surface area contributed by atoms with Crippen molar-refractivity contribution in [2.24, 2.45) is 0 Å². The van der Waals surface area contributed by atoms with E-state index in [0.29, 0.717) is 12.6 Å². The van der Waals surface area contributed by atoms with Crippen molar-refractivity contribution in [1.29, 1.82) is 0 Å². The van der Waals surface area contributed by atoms with Gasteiger partial charge in [0.15, 0.2) is 0 Å². The summed E-state index contributed by atoms with van der Waals surface area (Å²) in [6, 6.07) is 14.1. The third-order valence-corrected chi connectivity index (χ3v) is 5.13. The highest BCUT2D eigenvalue weighted by Gasteiger charge is 2.22. The summed E-state index contributed by atoms with van der Waals surface area (Å²) in [5.41, 5.74) is 3.70. The molecule has 1 N–H and O–H groups in total. The van der Waals surface area contributed by atoms with Gasteiger partial charge in [0.2, 0.25) is 5.56 Å². The Balaban J connectivity index is 1.97. The second-order valence-electron chi connectivity index (χ2n) is 6.56. The van der Waals surface area contributed by atoms with Gasteiger partial charge in [-0.05, 0) is 49.2 Å². The molecule has 2 aromatic carbocycles. The van der Waals surface area contributed by atoms with Crippen molar-refractivity contribution in [3.05, 3.63) is 57.3 Å². The SMILES string of the molecule is CC(C)N1CCOc2cc3c(-c4ccc(Br)cc4)cc(=O)[nH]c3cc21. The van der Waals surface area contributed by atoms with Crippen LogP contribution < -0.4 is 15.2 Å². The molecule has 128 valence electrons. The second-order valence-corrected chi connectivity index (χ2v) is 7.47. The monoisotopic (exact) mass is 398 g/mol. The number of hydrogen-bond donors (Lipinski definition) is 1. The number of benzene rings is 2. The van der Waals surface area contributed by atoms with E-state index >= 15 is 0 Å². The van der Waals surface area contributed by atoms with Crippen LogP contribution in [0, 0.1) is 0 Å². The van der Waals surface area contributed by atoms with E-state index in [-0.39, 0.29) is 5.56 Å². The summed E-state index contributed by atoms with van der Waals surface area (Å²) in [4.78, 5) is 17.5. The molecule has 1 aliphatic rings. The van der Waals surface area contributed by atoms with Gasteiger partial charge in [0, 0.05) is 22.0 Å². The van der Waals surface area contributed by atoms with E-state index in [1.807, 2.05) is 36.4 Å². The average molecular weight is 399 g/mol. The van der Waals surface area contributed by atoms with Crippen LogP contribution in [0.2, 0.25) is 0 Å². The fourth-order valence-corrected chi connectivity index (χ4v) is 3.66. The zero-order valence-electron chi connectivity index (χ0n) is 14.2. The lowest BCUT2D eigenvalue weighted by Crippen LogP contribution is -2.37. The molecule has 4 nitrogen and oxygen atoms in total. The minimum absolute atomic E-state index is 0.0989. The van der Waals surface area contributed by atoms with Crippen LogP contribution in [0.15, 0.2) is 51.7 Å². The predicted octanol–water partition coefficient (Wildman–Crippen LogP) is 4.56. The summed E-state index contributed by atoms with van der Waals surface area (Å²) in [5, 5.41) is 0.992. The lowest BCUT2D eigenvalue weighted by Gasteiger charge is -2.34. The third-order valence-electron chi connectivity index (χ3n) is 4.60. The van der Waals surface area contributed by atoms with Crippen molar-refractivity contribution in [2.75, 3.05) is 18.1 Å². The standard InChI is InChI=1S/C20H19BrN2O2/c1-12(2)23-7-8-25-19-9-16-15(13-3-5-14(21)6-4-13)10-20(24)22-17(16)11-18(19)23/h3-6,9-12H,7-8H2,1-2H3,(H,22,24). The van der Waals surface area contributed by atoms with Crippen molar-refractivity contribution in [2.45, 2.75) is 19.9 Å². The first-order valence-electron chi connectivity index (χ1n) is 8.39. The first-order chi connectivity index (χ1) is 12.0. The van der Waals surface area contributed by atoms with Crippen molar-refractivity contribution in [3.63, 3.8) is 0 Å². The Hall–Kier alpha value is -2.27. The molecule has 0 atom stereocenters. The molecular formula is C20H19BrN2O2. The van der Waals surface area contributed by atoms with Gasteiger partial charge in [-0.25, -0.2) is 0 Å². The molecule has 0 aliphatic carbocycles. The summed E-state index contributed by atoms with van der Waals surface area (Å²) in [7, 11) is 0. The van der Waals surface area contributed by atoms with Crippen molar-refractivity contribution < 1.29 is 4.74 Å². The Kier molecular flexibility index (Phi) is 4.04. The summed E-state index contributed by atoms with van der Waals surface area (Å²) in [6.45, 7) is 5.86. The van der Waals surface area contributed by atoms with Gasteiger partial charge in [-0.3, -0.25) is 4.79 Å². The maximum Gasteiger partial charge on any atom is 0.249 e. The van der Waals surface area contributed by atoms with Crippen LogP contribution in [0.5, 0.6) is 5.75 Å². The zero-order chi connectivity index (χ0) is 17.6. The molecule has 25 heavy (non-hydrogen) atoms. The van der Waals surface area contributed by atoms with Crippen molar-refractivity contribution >= 4 is 32.5 Å². The number of nitrogens with one attached hydrogen (secondary N) is 1. The first kappa shape index (κ1) is 16.2. The summed E-state index contributed by atoms with van der Waals surface area (Å²) < 4.78 is 6.92. The molecule has 1 aromatic heterocycles. The molecule has 0 unspecified atom stereocenters.